The standard InChI is InChI=1S/C13H13FN2O/c1-15-10-5-6-16-12(8-10)9-3-4-13(17-2)11(14)7-9/h3-8H,1-2H3,(H,15,16). The van der Waals surface area contributed by atoms with Crippen molar-refractivity contribution in [1.29, 1.82) is 0 Å². The number of aromatic nitrogens is 1. The smallest absolute Gasteiger partial charge is 0.165 e. The molecule has 0 fully saturated rings. The molecule has 0 spiro atoms. The fourth-order valence-electron chi connectivity index (χ4n) is 1.57. The fourth-order valence-corrected chi connectivity index (χ4v) is 1.57. The second-order valence-corrected chi connectivity index (χ2v) is 3.53. The van der Waals surface area contributed by atoms with Crippen molar-refractivity contribution in [2.75, 3.05) is 19.5 Å². The van der Waals surface area contributed by atoms with Crippen LogP contribution in [-0.2, 0) is 0 Å². The number of methoxy groups -OCH3 is 1. The highest BCUT2D eigenvalue weighted by Gasteiger charge is 2.06. The van der Waals surface area contributed by atoms with E-state index in [9.17, 15) is 4.39 Å². The molecule has 17 heavy (non-hydrogen) atoms. The molecule has 0 bridgehead atoms. The van der Waals surface area contributed by atoms with Gasteiger partial charge in [0.2, 0.25) is 0 Å². The van der Waals surface area contributed by atoms with Crippen LogP contribution in [0.2, 0.25) is 0 Å². The summed E-state index contributed by atoms with van der Waals surface area (Å²) in [5, 5.41) is 3.02. The van der Waals surface area contributed by atoms with Crippen molar-refractivity contribution in [1.82, 2.24) is 4.98 Å². The summed E-state index contributed by atoms with van der Waals surface area (Å²) < 4.78 is 18.4. The third-order valence-electron chi connectivity index (χ3n) is 2.50. The second kappa shape index (κ2) is 4.82. The molecule has 0 unspecified atom stereocenters. The summed E-state index contributed by atoms with van der Waals surface area (Å²) in [5.74, 6) is -0.153. The molecule has 0 aliphatic rings. The van der Waals surface area contributed by atoms with Crippen LogP contribution in [0.1, 0.15) is 0 Å². The van der Waals surface area contributed by atoms with Crippen LogP contribution in [0.25, 0.3) is 11.3 Å². The molecule has 0 amide bonds. The van der Waals surface area contributed by atoms with Crippen LogP contribution in [0.3, 0.4) is 0 Å². The molecule has 0 atom stereocenters. The van der Waals surface area contributed by atoms with Gasteiger partial charge in [-0.05, 0) is 30.3 Å². The van der Waals surface area contributed by atoms with Gasteiger partial charge in [-0.25, -0.2) is 4.39 Å². The average Bonchev–Trinajstić information content (AvgIpc) is 2.38. The summed E-state index contributed by atoms with van der Waals surface area (Å²) in [6.07, 6.45) is 1.68. The molecule has 4 heteroatoms. The number of ether oxygens (including phenoxy) is 1. The van der Waals surface area contributed by atoms with Crippen LogP contribution < -0.4 is 10.1 Å². The van der Waals surface area contributed by atoms with E-state index in [2.05, 4.69) is 10.3 Å². The zero-order valence-electron chi connectivity index (χ0n) is 9.70. The Hall–Kier alpha value is -2.10. The molecule has 3 nitrogen and oxygen atoms in total. The van der Waals surface area contributed by atoms with E-state index in [1.165, 1.54) is 13.2 Å². The normalized spacial score (nSPS) is 10.1. The lowest BCUT2D eigenvalue weighted by atomic mass is 10.1. The number of anilines is 1. The molecule has 88 valence electrons. The Morgan fingerprint density at radius 1 is 1.24 bits per heavy atom. The average molecular weight is 232 g/mol. The number of rotatable bonds is 3. The molecule has 0 aliphatic carbocycles. The van der Waals surface area contributed by atoms with Crippen LogP contribution >= 0.6 is 0 Å². The summed E-state index contributed by atoms with van der Waals surface area (Å²) in [4.78, 5) is 4.21. The second-order valence-electron chi connectivity index (χ2n) is 3.53. The molecule has 2 rings (SSSR count). The summed E-state index contributed by atoms with van der Waals surface area (Å²) in [7, 11) is 3.27. The molecule has 2 aromatic rings. The van der Waals surface area contributed by atoms with E-state index in [-0.39, 0.29) is 11.6 Å². The van der Waals surface area contributed by atoms with E-state index in [1.807, 2.05) is 19.2 Å². The topological polar surface area (TPSA) is 34.2 Å². The fraction of sp³-hybridized carbons (Fsp3) is 0.154. The first-order valence-corrected chi connectivity index (χ1v) is 5.22. The maximum atomic E-state index is 13.6. The molecule has 1 aromatic heterocycles. The van der Waals surface area contributed by atoms with Gasteiger partial charge in [-0.15, -0.1) is 0 Å². The van der Waals surface area contributed by atoms with Gasteiger partial charge in [-0.1, -0.05) is 0 Å². The molecule has 1 N–H and O–H groups in total. The number of hydrogen-bond donors (Lipinski definition) is 1. The van der Waals surface area contributed by atoms with Crippen molar-refractivity contribution in [3.63, 3.8) is 0 Å². The highest BCUT2D eigenvalue weighted by molar-refractivity contribution is 5.64. The lowest BCUT2D eigenvalue weighted by Gasteiger charge is -2.06. The van der Waals surface area contributed by atoms with Crippen LogP contribution in [0.15, 0.2) is 36.5 Å². The highest BCUT2D eigenvalue weighted by Crippen LogP contribution is 2.25. The molecule has 0 aliphatic heterocycles. The first-order chi connectivity index (χ1) is 8.24. The van der Waals surface area contributed by atoms with E-state index in [4.69, 9.17) is 4.74 Å². The van der Waals surface area contributed by atoms with Crippen molar-refractivity contribution in [2.45, 2.75) is 0 Å². The SMILES string of the molecule is CNc1ccnc(-c2ccc(OC)c(F)c2)c1. The van der Waals surface area contributed by atoms with E-state index >= 15 is 0 Å². The van der Waals surface area contributed by atoms with Crippen LogP contribution in [0.5, 0.6) is 5.75 Å². The Kier molecular flexibility index (Phi) is 3.23. The van der Waals surface area contributed by atoms with Crippen molar-refractivity contribution >= 4 is 5.69 Å². The largest absolute Gasteiger partial charge is 0.494 e. The van der Waals surface area contributed by atoms with E-state index in [1.54, 1.807) is 18.3 Å². The third-order valence-corrected chi connectivity index (χ3v) is 2.50. The van der Waals surface area contributed by atoms with Crippen LogP contribution in [-0.4, -0.2) is 19.1 Å². The lowest BCUT2D eigenvalue weighted by molar-refractivity contribution is 0.386. The van der Waals surface area contributed by atoms with Gasteiger partial charge in [0.1, 0.15) is 0 Å². The zero-order chi connectivity index (χ0) is 12.3. The first-order valence-electron chi connectivity index (χ1n) is 5.22. The number of pyridine rings is 1. The van der Waals surface area contributed by atoms with Gasteiger partial charge in [0.25, 0.3) is 0 Å². The minimum Gasteiger partial charge on any atom is -0.494 e. The molecule has 1 aromatic carbocycles. The van der Waals surface area contributed by atoms with Gasteiger partial charge in [-0.3, -0.25) is 4.98 Å². The van der Waals surface area contributed by atoms with Crippen molar-refractivity contribution in [3.8, 4) is 17.0 Å². The molecule has 1 heterocycles. The van der Waals surface area contributed by atoms with Crippen molar-refractivity contribution in [3.05, 3.63) is 42.3 Å². The van der Waals surface area contributed by atoms with Gasteiger partial charge in [0, 0.05) is 24.5 Å². The number of nitrogens with zero attached hydrogens (tertiary/aromatic N) is 1. The summed E-state index contributed by atoms with van der Waals surface area (Å²) in [6, 6.07) is 8.51. The molecular weight excluding hydrogens is 219 g/mol. The highest BCUT2D eigenvalue weighted by atomic mass is 19.1. The predicted molar refractivity (Wildman–Crippen MR) is 65.7 cm³/mol. The quantitative estimate of drug-likeness (QED) is 0.883. The Labute approximate surface area is 99.3 Å². The van der Waals surface area contributed by atoms with Crippen LogP contribution in [0.4, 0.5) is 10.1 Å². The number of halogens is 1. The maximum absolute atomic E-state index is 13.6. The Morgan fingerprint density at radius 3 is 2.71 bits per heavy atom. The number of benzene rings is 1. The van der Waals surface area contributed by atoms with Gasteiger partial charge >= 0.3 is 0 Å². The van der Waals surface area contributed by atoms with E-state index in [0.717, 1.165) is 16.9 Å². The lowest BCUT2D eigenvalue weighted by Crippen LogP contribution is -1.92. The van der Waals surface area contributed by atoms with Gasteiger partial charge in [0.15, 0.2) is 11.6 Å². The zero-order valence-corrected chi connectivity index (χ0v) is 9.70. The molecule has 0 radical (unpaired) electrons. The Morgan fingerprint density at radius 2 is 2.06 bits per heavy atom. The van der Waals surface area contributed by atoms with E-state index < -0.39 is 0 Å². The summed E-state index contributed by atoms with van der Waals surface area (Å²) in [6.45, 7) is 0. The monoisotopic (exact) mass is 232 g/mol. The predicted octanol–water partition coefficient (Wildman–Crippen LogP) is 2.94. The Bertz CT molecular complexity index is 529. The van der Waals surface area contributed by atoms with Crippen molar-refractivity contribution < 1.29 is 9.13 Å². The third kappa shape index (κ3) is 2.36. The Balaban J connectivity index is 2.42. The molecule has 0 saturated heterocycles. The number of hydrogen-bond acceptors (Lipinski definition) is 3. The van der Waals surface area contributed by atoms with Gasteiger partial charge < -0.3 is 10.1 Å². The maximum Gasteiger partial charge on any atom is 0.165 e. The van der Waals surface area contributed by atoms with Gasteiger partial charge in [0.05, 0.1) is 12.8 Å². The minimum absolute atomic E-state index is 0.235. The molecule has 0 saturated carbocycles. The van der Waals surface area contributed by atoms with Crippen LogP contribution in [0, 0.1) is 5.82 Å². The first kappa shape index (κ1) is 11.4. The minimum atomic E-state index is -0.387. The summed E-state index contributed by atoms with van der Waals surface area (Å²) >= 11 is 0. The molecular formula is C13H13FN2O. The van der Waals surface area contributed by atoms with E-state index in [0.29, 0.717) is 0 Å². The van der Waals surface area contributed by atoms with Gasteiger partial charge in [-0.2, -0.15) is 0 Å². The van der Waals surface area contributed by atoms with Crippen molar-refractivity contribution in [2.24, 2.45) is 0 Å². The number of nitrogens with one attached hydrogen (secondary N) is 1. The summed E-state index contributed by atoms with van der Waals surface area (Å²) in [5.41, 5.74) is 2.38.